The van der Waals surface area contributed by atoms with Crippen molar-refractivity contribution < 1.29 is 9.59 Å². The maximum absolute atomic E-state index is 11.7. The van der Waals surface area contributed by atoms with Gasteiger partial charge in [0, 0.05) is 23.8 Å². The number of benzene rings is 1. The molecule has 0 aliphatic heterocycles. The molecule has 1 aromatic rings. The fraction of sp³-hybridized carbons (Fsp3) is 0.357. The van der Waals surface area contributed by atoms with Crippen LogP contribution in [0.25, 0.3) is 0 Å². The van der Waals surface area contributed by atoms with E-state index in [1.807, 2.05) is 20.8 Å². The van der Waals surface area contributed by atoms with Gasteiger partial charge in [0.25, 0.3) is 5.91 Å². The lowest BCUT2D eigenvalue weighted by Crippen LogP contribution is -2.18. The highest BCUT2D eigenvalue weighted by Crippen LogP contribution is 2.06. The van der Waals surface area contributed by atoms with Gasteiger partial charge in [0.1, 0.15) is 0 Å². The second-order valence-electron chi connectivity index (χ2n) is 4.32. The average Bonchev–Trinajstić information content (AvgIpc) is 2.37. The first-order valence-corrected chi connectivity index (χ1v) is 6.01. The maximum Gasteiger partial charge on any atom is 0.271 e. The summed E-state index contributed by atoms with van der Waals surface area (Å²) < 4.78 is 0. The molecule has 0 bridgehead atoms. The molecule has 4 heteroatoms. The fourth-order valence-corrected chi connectivity index (χ4v) is 1.32. The average molecular weight is 246 g/mol. The van der Waals surface area contributed by atoms with Crippen LogP contribution in [-0.4, -0.2) is 17.9 Å². The Morgan fingerprint density at radius 3 is 2.28 bits per heavy atom. The number of hydrogen-bond donors (Lipinski definition) is 1. The molecule has 96 valence electrons. The molecule has 1 N–H and O–H groups in total. The number of nitrogens with zero attached hydrogens (tertiary/aromatic N) is 1. The Balaban J connectivity index is 2.67. The summed E-state index contributed by atoms with van der Waals surface area (Å²) >= 11 is 0. The number of carbonyl (C=O) groups excluding carboxylic acids is 2. The zero-order valence-corrected chi connectivity index (χ0v) is 10.9. The number of hydrazone groups is 1. The highest BCUT2D eigenvalue weighted by molar-refractivity contribution is 5.98. The molecule has 1 aromatic carbocycles. The Morgan fingerprint density at radius 1 is 1.22 bits per heavy atom. The largest absolute Gasteiger partial charge is 0.294 e. The molecule has 0 aliphatic rings. The van der Waals surface area contributed by atoms with Gasteiger partial charge in [-0.3, -0.25) is 9.59 Å². The molecular formula is C14H18N2O2. The summed E-state index contributed by atoms with van der Waals surface area (Å²) in [5.74, 6) is 0.0806. The maximum atomic E-state index is 11.7. The number of hydrogen-bond acceptors (Lipinski definition) is 3. The van der Waals surface area contributed by atoms with Crippen molar-refractivity contribution in [3.8, 4) is 0 Å². The highest BCUT2D eigenvalue weighted by Gasteiger charge is 2.06. The van der Waals surface area contributed by atoms with Gasteiger partial charge in [-0.2, -0.15) is 5.10 Å². The van der Waals surface area contributed by atoms with Crippen molar-refractivity contribution in [1.29, 1.82) is 0 Å². The third-order valence-corrected chi connectivity index (χ3v) is 2.33. The molecule has 1 amide bonds. The molecular weight excluding hydrogens is 228 g/mol. The summed E-state index contributed by atoms with van der Waals surface area (Å²) in [4.78, 5) is 23.1. The normalized spacial score (nSPS) is 10.9. The fourth-order valence-electron chi connectivity index (χ4n) is 1.32. The molecule has 0 aromatic heterocycles. The van der Waals surface area contributed by atoms with Crippen LogP contribution >= 0.6 is 0 Å². The lowest BCUT2D eigenvalue weighted by atomic mass is 10.1. The molecule has 0 unspecified atom stereocenters. The predicted molar refractivity (Wildman–Crippen MR) is 71.9 cm³/mol. The molecule has 0 atom stereocenters. The van der Waals surface area contributed by atoms with Gasteiger partial charge in [0.2, 0.25) is 0 Å². The molecule has 0 aliphatic carbocycles. The summed E-state index contributed by atoms with van der Waals surface area (Å²) in [6, 6.07) is 6.58. The van der Waals surface area contributed by atoms with Crippen molar-refractivity contribution in [2.75, 3.05) is 0 Å². The molecule has 0 spiro atoms. The molecule has 0 radical (unpaired) electrons. The number of amides is 1. The number of ketones is 1. The van der Waals surface area contributed by atoms with Crippen molar-refractivity contribution in [2.45, 2.75) is 27.2 Å². The lowest BCUT2D eigenvalue weighted by Gasteiger charge is -2.02. The van der Waals surface area contributed by atoms with Crippen LogP contribution in [0, 0.1) is 5.92 Å². The monoisotopic (exact) mass is 246 g/mol. The van der Waals surface area contributed by atoms with Crippen molar-refractivity contribution in [2.24, 2.45) is 11.0 Å². The van der Waals surface area contributed by atoms with Gasteiger partial charge >= 0.3 is 0 Å². The van der Waals surface area contributed by atoms with Crippen LogP contribution in [0.3, 0.4) is 0 Å². The van der Waals surface area contributed by atoms with Gasteiger partial charge in [-0.25, -0.2) is 5.43 Å². The Morgan fingerprint density at radius 2 is 1.78 bits per heavy atom. The number of carbonyl (C=O) groups is 2. The van der Waals surface area contributed by atoms with Crippen LogP contribution in [0.5, 0.6) is 0 Å². The van der Waals surface area contributed by atoms with E-state index in [2.05, 4.69) is 10.5 Å². The molecule has 0 fully saturated rings. The minimum atomic E-state index is -0.276. The molecule has 1 rings (SSSR count). The minimum Gasteiger partial charge on any atom is -0.294 e. The van der Waals surface area contributed by atoms with Crippen molar-refractivity contribution in [3.05, 3.63) is 35.4 Å². The third-order valence-electron chi connectivity index (χ3n) is 2.33. The van der Waals surface area contributed by atoms with E-state index in [1.54, 1.807) is 30.5 Å². The first kappa shape index (κ1) is 14.1. The first-order valence-electron chi connectivity index (χ1n) is 6.01. The zero-order chi connectivity index (χ0) is 13.5. The van der Waals surface area contributed by atoms with E-state index in [9.17, 15) is 9.59 Å². The van der Waals surface area contributed by atoms with E-state index in [0.29, 0.717) is 17.5 Å². The minimum absolute atomic E-state index is 0.0692. The number of rotatable bonds is 5. The summed E-state index contributed by atoms with van der Waals surface area (Å²) in [6.07, 6.45) is 2.12. The molecule has 0 heterocycles. The summed E-state index contributed by atoms with van der Waals surface area (Å²) in [5, 5.41) is 3.83. The van der Waals surface area contributed by atoms with Gasteiger partial charge in [0.05, 0.1) is 0 Å². The van der Waals surface area contributed by atoms with Crippen LogP contribution in [0.15, 0.2) is 29.4 Å². The van der Waals surface area contributed by atoms with Crippen LogP contribution in [0.4, 0.5) is 0 Å². The Kier molecular flexibility index (Phi) is 5.24. The summed E-state index contributed by atoms with van der Waals surface area (Å²) in [6.45, 7) is 5.76. The van der Waals surface area contributed by atoms with E-state index in [4.69, 9.17) is 0 Å². The van der Waals surface area contributed by atoms with E-state index in [0.717, 1.165) is 0 Å². The third kappa shape index (κ3) is 4.13. The van der Waals surface area contributed by atoms with Gasteiger partial charge in [-0.1, -0.05) is 32.9 Å². The zero-order valence-electron chi connectivity index (χ0n) is 10.9. The topological polar surface area (TPSA) is 58.5 Å². The molecule has 18 heavy (non-hydrogen) atoms. The second-order valence-corrected chi connectivity index (χ2v) is 4.32. The Bertz CT molecular complexity index is 447. The lowest BCUT2D eigenvalue weighted by molar-refractivity contribution is 0.0951. The van der Waals surface area contributed by atoms with Gasteiger partial charge < -0.3 is 0 Å². The predicted octanol–water partition coefficient (Wildman–Crippen LogP) is 2.65. The number of nitrogens with one attached hydrogen (secondary N) is 1. The Labute approximate surface area is 107 Å². The van der Waals surface area contributed by atoms with Crippen molar-refractivity contribution in [1.82, 2.24) is 5.43 Å². The van der Waals surface area contributed by atoms with Crippen LogP contribution in [0.1, 0.15) is 47.9 Å². The first-order chi connectivity index (χ1) is 8.54. The SMILES string of the molecule is CCC(=O)c1ccc(C(=O)N/N=C/C(C)C)cc1. The molecule has 4 nitrogen and oxygen atoms in total. The van der Waals surface area contributed by atoms with Crippen LogP contribution in [-0.2, 0) is 0 Å². The molecule has 0 saturated heterocycles. The van der Waals surface area contributed by atoms with Gasteiger partial charge in [0.15, 0.2) is 5.78 Å². The van der Waals surface area contributed by atoms with Crippen molar-refractivity contribution >= 4 is 17.9 Å². The van der Waals surface area contributed by atoms with Crippen LogP contribution < -0.4 is 5.43 Å². The van der Waals surface area contributed by atoms with Crippen LogP contribution in [0.2, 0.25) is 0 Å². The molecule has 0 saturated carbocycles. The Hall–Kier alpha value is -1.97. The standard InChI is InChI=1S/C14H18N2O2/c1-4-13(17)11-5-7-12(8-6-11)14(18)16-15-9-10(2)3/h5-10H,4H2,1-3H3,(H,16,18)/b15-9+. The highest BCUT2D eigenvalue weighted by atomic mass is 16.2. The van der Waals surface area contributed by atoms with E-state index < -0.39 is 0 Å². The summed E-state index contributed by atoms with van der Waals surface area (Å²) in [7, 11) is 0. The van der Waals surface area contributed by atoms with E-state index >= 15 is 0 Å². The van der Waals surface area contributed by atoms with Gasteiger partial charge in [-0.05, 0) is 18.1 Å². The quantitative estimate of drug-likeness (QED) is 0.493. The smallest absolute Gasteiger partial charge is 0.271 e. The van der Waals surface area contributed by atoms with E-state index in [-0.39, 0.29) is 17.6 Å². The van der Waals surface area contributed by atoms with E-state index in [1.165, 1.54) is 0 Å². The second kappa shape index (κ2) is 6.69. The van der Waals surface area contributed by atoms with Gasteiger partial charge in [-0.15, -0.1) is 0 Å². The van der Waals surface area contributed by atoms with Crippen molar-refractivity contribution in [3.63, 3.8) is 0 Å². The summed E-state index contributed by atoms with van der Waals surface area (Å²) in [5.41, 5.74) is 3.55. The number of Topliss-reactive ketones (excluding diaryl/α,β-unsaturated/α-hetero) is 1.